The summed E-state index contributed by atoms with van der Waals surface area (Å²) in [6, 6.07) is 0. The van der Waals surface area contributed by atoms with Gasteiger partial charge in [-0.05, 0) is 5.92 Å². The van der Waals surface area contributed by atoms with Crippen LogP contribution in [0.1, 0.15) is 27.7 Å². The summed E-state index contributed by atoms with van der Waals surface area (Å²) >= 11 is 0. The van der Waals surface area contributed by atoms with Gasteiger partial charge >= 0.3 is 0 Å². The van der Waals surface area contributed by atoms with Crippen molar-refractivity contribution in [2.45, 2.75) is 33.9 Å². The predicted molar refractivity (Wildman–Crippen MR) is 47.0 cm³/mol. The van der Waals surface area contributed by atoms with Gasteiger partial charge in [0.1, 0.15) is 6.23 Å². The third-order valence-electron chi connectivity index (χ3n) is 1.50. The molecule has 0 aliphatic rings. The molecule has 0 fully saturated rings. The molecule has 12 heavy (non-hydrogen) atoms. The second-order valence-corrected chi connectivity index (χ2v) is 3.48. The van der Waals surface area contributed by atoms with Gasteiger partial charge in [0.25, 0.3) is 0 Å². The second-order valence-electron chi connectivity index (χ2n) is 3.48. The van der Waals surface area contributed by atoms with E-state index in [1.165, 1.54) is 0 Å². The lowest BCUT2D eigenvalue weighted by Crippen LogP contribution is -2.47. The molecule has 0 saturated heterocycles. The van der Waals surface area contributed by atoms with E-state index in [4.69, 9.17) is 0 Å². The van der Waals surface area contributed by atoms with E-state index in [0.717, 1.165) is 0 Å². The van der Waals surface area contributed by atoms with Crippen LogP contribution in [0.25, 0.3) is 0 Å². The molecule has 0 aliphatic heterocycles. The van der Waals surface area contributed by atoms with Crippen LogP contribution in [-0.4, -0.2) is 17.2 Å². The summed E-state index contributed by atoms with van der Waals surface area (Å²) in [6.07, 6.45) is -0.687. The Morgan fingerprint density at radius 3 is 2.08 bits per heavy atom. The number of aliphatic hydroxyl groups excluding tert-OH is 1. The Kier molecular flexibility index (Phi) is 4.85. The van der Waals surface area contributed by atoms with Crippen LogP contribution in [0.2, 0.25) is 0 Å². The summed E-state index contributed by atoms with van der Waals surface area (Å²) in [5.41, 5.74) is 4.94. The van der Waals surface area contributed by atoms with Gasteiger partial charge in [0.2, 0.25) is 5.91 Å². The van der Waals surface area contributed by atoms with Crippen molar-refractivity contribution in [1.82, 2.24) is 10.9 Å². The third-order valence-corrected chi connectivity index (χ3v) is 1.50. The fraction of sp³-hybridized carbons (Fsp3) is 0.875. The van der Waals surface area contributed by atoms with Crippen molar-refractivity contribution < 1.29 is 9.90 Å². The highest BCUT2D eigenvalue weighted by Crippen LogP contribution is 1.95. The van der Waals surface area contributed by atoms with Gasteiger partial charge in [-0.1, -0.05) is 27.7 Å². The average Bonchev–Trinajstić information content (AvgIpc) is 1.98. The van der Waals surface area contributed by atoms with Gasteiger partial charge in [0.15, 0.2) is 0 Å². The Morgan fingerprint density at radius 2 is 1.75 bits per heavy atom. The van der Waals surface area contributed by atoms with E-state index >= 15 is 0 Å². The van der Waals surface area contributed by atoms with Gasteiger partial charge in [0.05, 0.1) is 0 Å². The van der Waals surface area contributed by atoms with Crippen molar-refractivity contribution in [3.63, 3.8) is 0 Å². The van der Waals surface area contributed by atoms with Crippen molar-refractivity contribution in [2.75, 3.05) is 0 Å². The van der Waals surface area contributed by atoms with Crippen LogP contribution in [0.3, 0.4) is 0 Å². The molecule has 0 saturated carbocycles. The van der Waals surface area contributed by atoms with Crippen LogP contribution in [0, 0.1) is 11.8 Å². The van der Waals surface area contributed by atoms with Gasteiger partial charge in [0, 0.05) is 5.92 Å². The van der Waals surface area contributed by atoms with E-state index in [-0.39, 0.29) is 17.7 Å². The number of amides is 1. The zero-order chi connectivity index (χ0) is 9.72. The van der Waals surface area contributed by atoms with Gasteiger partial charge in [-0.2, -0.15) is 0 Å². The second kappa shape index (κ2) is 5.11. The van der Waals surface area contributed by atoms with E-state index in [0.29, 0.717) is 0 Å². The summed E-state index contributed by atoms with van der Waals surface area (Å²) < 4.78 is 0. The zero-order valence-electron chi connectivity index (χ0n) is 8.09. The number of hydrogen-bond donors (Lipinski definition) is 3. The maximum Gasteiger partial charge on any atom is 0.236 e. The molecule has 0 aromatic heterocycles. The number of hydrazine groups is 1. The monoisotopic (exact) mass is 174 g/mol. The van der Waals surface area contributed by atoms with Crippen molar-refractivity contribution in [1.29, 1.82) is 0 Å². The van der Waals surface area contributed by atoms with E-state index in [2.05, 4.69) is 10.9 Å². The predicted octanol–water partition coefficient (Wildman–Crippen LogP) is 0.238. The third kappa shape index (κ3) is 4.31. The number of nitrogens with one attached hydrogen (secondary N) is 2. The molecule has 0 aromatic carbocycles. The number of carbonyl (C=O) groups excluding carboxylic acids is 1. The first-order valence-corrected chi connectivity index (χ1v) is 4.18. The van der Waals surface area contributed by atoms with E-state index in [1.807, 2.05) is 13.8 Å². The number of rotatable bonds is 4. The van der Waals surface area contributed by atoms with Crippen molar-refractivity contribution in [2.24, 2.45) is 11.8 Å². The average molecular weight is 174 g/mol. The van der Waals surface area contributed by atoms with Gasteiger partial charge in [-0.25, -0.2) is 5.43 Å². The zero-order valence-corrected chi connectivity index (χ0v) is 8.09. The van der Waals surface area contributed by atoms with Crippen molar-refractivity contribution in [3.05, 3.63) is 0 Å². The maximum absolute atomic E-state index is 11.0. The van der Waals surface area contributed by atoms with Crippen LogP contribution in [0.5, 0.6) is 0 Å². The fourth-order valence-electron chi connectivity index (χ4n) is 0.456. The highest BCUT2D eigenvalue weighted by atomic mass is 16.3. The highest BCUT2D eigenvalue weighted by molar-refractivity contribution is 5.77. The molecular weight excluding hydrogens is 156 g/mol. The van der Waals surface area contributed by atoms with Crippen LogP contribution in [0.4, 0.5) is 0 Å². The fourth-order valence-corrected chi connectivity index (χ4v) is 0.456. The molecule has 0 heterocycles. The maximum atomic E-state index is 11.0. The summed E-state index contributed by atoms with van der Waals surface area (Å²) in [5, 5.41) is 9.23. The van der Waals surface area contributed by atoms with E-state index in [9.17, 15) is 9.90 Å². The standard InChI is InChI=1S/C8H18N2O2/c1-5(2)7(11)9-10-8(12)6(3)4/h5-7,9,11H,1-4H3,(H,10,12). The normalized spacial score (nSPS) is 13.6. The molecular formula is C8H18N2O2. The van der Waals surface area contributed by atoms with Crippen LogP contribution in [0.15, 0.2) is 0 Å². The number of hydrogen-bond acceptors (Lipinski definition) is 3. The summed E-state index contributed by atoms with van der Waals surface area (Å²) in [6.45, 7) is 7.30. The van der Waals surface area contributed by atoms with Crippen LogP contribution in [-0.2, 0) is 4.79 Å². The Bertz CT molecular complexity index is 146. The van der Waals surface area contributed by atoms with Crippen molar-refractivity contribution in [3.8, 4) is 0 Å². The molecule has 0 bridgehead atoms. The minimum absolute atomic E-state index is 0.0723. The van der Waals surface area contributed by atoms with Gasteiger partial charge in [-0.3, -0.25) is 10.2 Å². The quantitative estimate of drug-likeness (QED) is 0.422. The molecule has 0 aromatic rings. The van der Waals surface area contributed by atoms with Crippen LogP contribution >= 0.6 is 0 Å². The molecule has 0 radical (unpaired) electrons. The molecule has 72 valence electrons. The van der Waals surface area contributed by atoms with Crippen LogP contribution < -0.4 is 10.9 Å². The number of carbonyl (C=O) groups is 1. The molecule has 3 N–H and O–H groups in total. The Hall–Kier alpha value is -0.610. The summed E-state index contributed by atoms with van der Waals surface area (Å²) in [5.74, 6) is -0.107. The Morgan fingerprint density at radius 1 is 1.25 bits per heavy atom. The van der Waals surface area contributed by atoms with Crippen molar-refractivity contribution >= 4 is 5.91 Å². The molecule has 0 rings (SSSR count). The van der Waals surface area contributed by atoms with Gasteiger partial charge in [-0.15, -0.1) is 0 Å². The van der Waals surface area contributed by atoms with Gasteiger partial charge < -0.3 is 5.11 Å². The lowest BCUT2D eigenvalue weighted by Gasteiger charge is -2.17. The SMILES string of the molecule is CC(C)C(=O)NNC(O)C(C)C. The Balaban J connectivity index is 3.61. The molecule has 1 amide bonds. The largest absolute Gasteiger partial charge is 0.377 e. The molecule has 1 atom stereocenters. The first-order valence-electron chi connectivity index (χ1n) is 4.18. The summed E-state index contributed by atoms with van der Waals surface area (Å²) in [4.78, 5) is 11.0. The molecule has 0 spiro atoms. The first kappa shape index (κ1) is 11.4. The highest BCUT2D eigenvalue weighted by Gasteiger charge is 2.11. The summed E-state index contributed by atoms with van der Waals surface area (Å²) in [7, 11) is 0. The minimum atomic E-state index is -0.687. The van der Waals surface area contributed by atoms with E-state index < -0.39 is 6.23 Å². The lowest BCUT2D eigenvalue weighted by molar-refractivity contribution is -0.126. The topological polar surface area (TPSA) is 61.4 Å². The number of aliphatic hydroxyl groups is 1. The lowest BCUT2D eigenvalue weighted by atomic mass is 10.2. The first-order chi connectivity index (χ1) is 5.45. The Labute approximate surface area is 73.3 Å². The minimum Gasteiger partial charge on any atom is -0.377 e. The molecule has 0 aliphatic carbocycles. The molecule has 4 heteroatoms. The smallest absolute Gasteiger partial charge is 0.236 e. The molecule has 4 nitrogen and oxygen atoms in total. The van der Waals surface area contributed by atoms with E-state index in [1.54, 1.807) is 13.8 Å². The molecule has 1 unspecified atom stereocenters.